The van der Waals surface area contributed by atoms with Crippen LogP contribution in [0.3, 0.4) is 0 Å². The summed E-state index contributed by atoms with van der Waals surface area (Å²) < 4.78 is 0. The summed E-state index contributed by atoms with van der Waals surface area (Å²) in [5.41, 5.74) is 0. The number of nitrogens with zero attached hydrogens (tertiary/aromatic N) is 1. The molecule has 1 aliphatic heterocycles. The number of amides is 2. The van der Waals surface area contributed by atoms with Crippen molar-refractivity contribution in [3.05, 3.63) is 12.2 Å². The molecule has 5 nitrogen and oxygen atoms in total. The van der Waals surface area contributed by atoms with Gasteiger partial charge < -0.3 is 10.6 Å². The Kier molecular flexibility index (Phi) is 5.59. The number of nitrogens with one attached hydrogen (secondary N) is 2. The summed E-state index contributed by atoms with van der Waals surface area (Å²) in [5, 5.41) is 5.77. The Hall–Kier alpha value is -1.36. The highest BCUT2D eigenvalue weighted by Gasteiger charge is 2.22. The molecular formula is C15H25N3O2. The van der Waals surface area contributed by atoms with Crippen molar-refractivity contribution in [1.82, 2.24) is 15.5 Å². The maximum absolute atomic E-state index is 12.0. The van der Waals surface area contributed by atoms with Crippen LogP contribution in [0, 0.1) is 5.92 Å². The molecule has 1 fully saturated rings. The smallest absolute Gasteiger partial charge is 0.233 e. The monoisotopic (exact) mass is 279 g/mol. The van der Waals surface area contributed by atoms with E-state index < -0.39 is 0 Å². The van der Waals surface area contributed by atoms with Gasteiger partial charge in [-0.25, -0.2) is 0 Å². The Morgan fingerprint density at radius 1 is 1.20 bits per heavy atom. The minimum Gasteiger partial charge on any atom is -0.358 e. The number of allylic oxidation sites excluding steroid dienone is 2. The van der Waals surface area contributed by atoms with Crippen molar-refractivity contribution >= 4 is 11.8 Å². The van der Waals surface area contributed by atoms with Gasteiger partial charge in [0.15, 0.2) is 0 Å². The summed E-state index contributed by atoms with van der Waals surface area (Å²) in [5.74, 6) is 0.662. The minimum atomic E-state index is 0.0560. The fourth-order valence-corrected chi connectivity index (χ4v) is 2.91. The molecule has 0 aromatic heterocycles. The van der Waals surface area contributed by atoms with Gasteiger partial charge in [-0.1, -0.05) is 12.2 Å². The molecule has 1 atom stereocenters. The summed E-state index contributed by atoms with van der Waals surface area (Å²) in [7, 11) is 1.66. The molecule has 112 valence electrons. The zero-order chi connectivity index (χ0) is 14.4. The molecule has 2 amide bonds. The third-order valence-electron chi connectivity index (χ3n) is 4.16. The predicted octanol–water partition coefficient (Wildman–Crippen LogP) is 0.669. The molecule has 0 aromatic carbocycles. The van der Waals surface area contributed by atoms with Gasteiger partial charge in [-0.05, 0) is 31.6 Å². The lowest BCUT2D eigenvalue weighted by Gasteiger charge is -2.31. The van der Waals surface area contributed by atoms with E-state index in [-0.39, 0.29) is 17.9 Å². The second-order valence-electron chi connectivity index (χ2n) is 5.76. The normalized spacial score (nSPS) is 23.8. The highest BCUT2D eigenvalue weighted by molar-refractivity contribution is 5.78. The van der Waals surface area contributed by atoms with Crippen LogP contribution in [0.4, 0.5) is 0 Å². The van der Waals surface area contributed by atoms with E-state index in [0.717, 1.165) is 38.8 Å². The van der Waals surface area contributed by atoms with Crippen molar-refractivity contribution in [1.29, 1.82) is 0 Å². The summed E-state index contributed by atoms with van der Waals surface area (Å²) in [4.78, 5) is 25.4. The number of likely N-dealkylation sites (N-methyl/N-ethyl adjacent to an activating group) is 1. The van der Waals surface area contributed by atoms with Gasteiger partial charge in [-0.15, -0.1) is 0 Å². The van der Waals surface area contributed by atoms with E-state index in [1.165, 1.54) is 0 Å². The number of carbonyl (C=O) groups excluding carboxylic acids is 2. The molecule has 0 bridgehead atoms. The van der Waals surface area contributed by atoms with Crippen LogP contribution in [-0.4, -0.2) is 49.4 Å². The standard InChI is InChI=1S/C15H25N3O2/c1-16-15(20)11-18-8-6-13(7-9-18)17-14(19)10-12-4-2-3-5-12/h2,4,12-13H,3,5-11H2,1H3,(H,16,20)(H,17,19). The average Bonchev–Trinajstić information content (AvgIpc) is 2.93. The zero-order valence-electron chi connectivity index (χ0n) is 12.2. The summed E-state index contributed by atoms with van der Waals surface area (Å²) in [6, 6.07) is 0.272. The molecule has 20 heavy (non-hydrogen) atoms. The molecule has 2 N–H and O–H groups in total. The molecule has 0 aromatic rings. The zero-order valence-corrected chi connectivity index (χ0v) is 12.2. The molecule has 0 saturated carbocycles. The first-order valence-corrected chi connectivity index (χ1v) is 7.56. The van der Waals surface area contributed by atoms with E-state index in [4.69, 9.17) is 0 Å². The van der Waals surface area contributed by atoms with Gasteiger partial charge in [0.2, 0.25) is 11.8 Å². The molecule has 0 radical (unpaired) electrons. The molecule has 1 heterocycles. The fourth-order valence-electron chi connectivity index (χ4n) is 2.91. The third-order valence-corrected chi connectivity index (χ3v) is 4.16. The van der Waals surface area contributed by atoms with Gasteiger partial charge in [-0.2, -0.15) is 0 Å². The second-order valence-corrected chi connectivity index (χ2v) is 5.76. The van der Waals surface area contributed by atoms with E-state index in [1.807, 2.05) is 0 Å². The van der Waals surface area contributed by atoms with Crippen molar-refractivity contribution < 1.29 is 9.59 Å². The van der Waals surface area contributed by atoms with Crippen LogP contribution >= 0.6 is 0 Å². The number of likely N-dealkylation sites (tertiary alicyclic amines) is 1. The van der Waals surface area contributed by atoms with Crippen LogP contribution in [0.15, 0.2) is 12.2 Å². The third kappa shape index (κ3) is 4.63. The van der Waals surface area contributed by atoms with Crippen LogP contribution < -0.4 is 10.6 Å². The summed E-state index contributed by atoms with van der Waals surface area (Å²) in [6.07, 6.45) is 9.02. The number of rotatable bonds is 5. The number of hydrogen-bond donors (Lipinski definition) is 2. The quantitative estimate of drug-likeness (QED) is 0.727. The molecule has 1 aliphatic carbocycles. The SMILES string of the molecule is CNC(=O)CN1CCC(NC(=O)CC2C=CCC2)CC1. The maximum Gasteiger partial charge on any atom is 0.233 e. The Morgan fingerprint density at radius 2 is 1.95 bits per heavy atom. The first kappa shape index (κ1) is 15.0. The van der Waals surface area contributed by atoms with E-state index >= 15 is 0 Å². The van der Waals surface area contributed by atoms with Gasteiger partial charge in [0.05, 0.1) is 6.54 Å². The van der Waals surface area contributed by atoms with Crippen LogP contribution in [0.5, 0.6) is 0 Å². The van der Waals surface area contributed by atoms with E-state index in [1.54, 1.807) is 7.05 Å². The largest absolute Gasteiger partial charge is 0.358 e. The van der Waals surface area contributed by atoms with Gasteiger partial charge >= 0.3 is 0 Å². The first-order valence-electron chi connectivity index (χ1n) is 7.56. The lowest BCUT2D eigenvalue weighted by Crippen LogP contribution is -2.47. The van der Waals surface area contributed by atoms with Crippen molar-refractivity contribution in [3.8, 4) is 0 Å². The molecule has 5 heteroatoms. The molecular weight excluding hydrogens is 254 g/mol. The second kappa shape index (κ2) is 7.43. The van der Waals surface area contributed by atoms with Gasteiger partial charge in [0, 0.05) is 32.6 Å². The Morgan fingerprint density at radius 3 is 2.55 bits per heavy atom. The summed E-state index contributed by atoms with van der Waals surface area (Å²) in [6.45, 7) is 2.22. The lowest BCUT2D eigenvalue weighted by atomic mass is 10.0. The van der Waals surface area contributed by atoms with E-state index in [9.17, 15) is 9.59 Å². The van der Waals surface area contributed by atoms with Crippen LogP contribution in [0.25, 0.3) is 0 Å². The van der Waals surface area contributed by atoms with Gasteiger partial charge in [-0.3, -0.25) is 14.5 Å². The molecule has 1 saturated heterocycles. The molecule has 0 spiro atoms. The highest BCUT2D eigenvalue weighted by atomic mass is 16.2. The highest BCUT2D eigenvalue weighted by Crippen LogP contribution is 2.20. The van der Waals surface area contributed by atoms with E-state index in [0.29, 0.717) is 18.9 Å². The predicted molar refractivity (Wildman–Crippen MR) is 78.2 cm³/mol. The molecule has 1 unspecified atom stereocenters. The minimum absolute atomic E-state index is 0.0560. The number of hydrogen-bond acceptors (Lipinski definition) is 3. The van der Waals surface area contributed by atoms with Crippen molar-refractivity contribution in [2.45, 2.75) is 38.1 Å². The van der Waals surface area contributed by atoms with Crippen molar-refractivity contribution in [2.75, 3.05) is 26.7 Å². The maximum atomic E-state index is 12.0. The Labute approximate surface area is 120 Å². The number of piperidine rings is 1. The van der Waals surface area contributed by atoms with E-state index in [2.05, 4.69) is 27.7 Å². The van der Waals surface area contributed by atoms with Gasteiger partial charge in [0.25, 0.3) is 0 Å². The first-order chi connectivity index (χ1) is 9.67. The van der Waals surface area contributed by atoms with Gasteiger partial charge in [0.1, 0.15) is 0 Å². The molecule has 2 aliphatic rings. The van der Waals surface area contributed by atoms with Crippen LogP contribution in [-0.2, 0) is 9.59 Å². The van der Waals surface area contributed by atoms with Crippen LogP contribution in [0.2, 0.25) is 0 Å². The lowest BCUT2D eigenvalue weighted by molar-refractivity contribution is -0.124. The molecule has 2 rings (SSSR count). The van der Waals surface area contributed by atoms with Crippen molar-refractivity contribution in [2.24, 2.45) is 5.92 Å². The topological polar surface area (TPSA) is 61.4 Å². The average molecular weight is 279 g/mol. The Balaban J connectivity index is 1.64. The van der Waals surface area contributed by atoms with Crippen molar-refractivity contribution in [3.63, 3.8) is 0 Å². The fraction of sp³-hybridized carbons (Fsp3) is 0.733. The Bertz CT molecular complexity index is 373. The number of carbonyl (C=O) groups is 2. The summed E-state index contributed by atoms with van der Waals surface area (Å²) >= 11 is 0. The van der Waals surface area contributed by atoms with Crippen LogP contribution in [0.1, 0.15) is 32.1 Å².